The van der Waals surface area contributed by atoms with Crippen LogP contribution in [0.1, 0.15) is 43.0 Å². The number of ether oxygens (including phenoxy) is 1. The molecule has 9 heteroatoms. The van der Waals surface area contributed by atoms with Crippen LogP contribution in [-0.2, 0) is 19.2 Å². The maximum Gasteiger partial charge on any atom is 0.341 e. The number of esters is 1. The van der Waals surface area contributed by atoms with Gasteiger partial charge in [0.2, 0.25) is 5.95 Å². The Kier molecular flexibility index (Phi) is 6.77. The van der Waals surface area contributed by atoms with E-state index in [-0.39, 0.29) is 0 Å². The maximum absolute atomic E-state index is 14.2. The lowest BCUT2D eigenvalue weighted by atomic mass is 9.80. The SMILES string of the molecule is CCOC(=O)c1cnc(N2CCC(C=O)(CNS(=O)(=C3CC3)c3ccc4ccccc4c3)CC2)nc1. The van der Waals surface area contributed by atoms with Gasteiger partial charge in [-0.3, -0.25) is 0 Å². The number of nitrogens with one attached hydrogen (secondary N) is 1. The van der Waals surface area contributed by atoms with Crippen LogP contribution in [0, 0.1) is 5.41 Å². The molecule has 2 aliphatic rings. The monoisotopic (exact) mass is 506 g/mol. The topological polar surface area (TPSA) is 101 Å². The highest BCUT2D eigenvalue weighted by Crippen LogP contribution is 2.32. The molecule has 5 rings (SSSR count). The lowest BCUT2D eigenvalue weighted by Crippen LogP contribution is -2.48. The fourth-order valence-corrected chi connectivity index (χ4v) is 7.00. The summed E-state index contributed by atoms with van der Waals surface area (Å²) in [4.78, 5) is 36.6. The number of aldehydes is 1. The number of hydrogen-bond acceptors (Lipinski definition) is 7. The second kappa shape index (κ2) is 9.99. The van der Waals surface area contributed by atoms with Crippen LogP contribution < -0.4 is 9.62 Å². The summed E-state index contributed by atoms with van der Waals surface area (Å²) in [6.45, 7) is 3.57. The van der Waals surface area contributed by atoms with Crippen molar-refractivity contribution in [1.82, 2.24) is 14.7 Å². The number of hydrogen-bond donors (Lipinski definition) is 1. The molecule has 1 atom stereocenters. The van der Waals surface area contributed by atoms with Crippen molar-refractivity contribution in [2.24, 2.45) is 5.41 Å². The highest BCUT2D eigenvalue weighted by atomic mass is 32.2. The van der Waals surface area contributed by atoms with E-state index < -0.39 is 21.1 Å². The smallest absolute Gasteiger partial charge is 0.341 e. The van der Waals surface area contributed by atoms with Crippen LogP contribution in [0.25, 0.3) is 10.8 Å². The fraction of sp³-hybridized carbons (Fsp3) is 0.370. The van der Waals surface area contributed by atoms with E-state index in [0.717, 1.165) is 39.7 Å². The molecule has 2 aromatic carbocycles. The van der Waals surface area contributed by atoms with Crippen molar-refractivity contribution < 1.29 is 18.5 Å². The Labute approximate surface area is 211 Å². The van der Waals surface area contributed by atoms with Crippen LogP contribution in [0.4, 0.5) is 5.95 Å². The van der Waals surface area contributed by atoms with Crippen LogP contribution in [0.3, 0.4) is 0 Å². The van der Waals surface area contributed by atoms with Gasteiger partial charge in [-0.25, -0.2) is 23.7 Å². The Morgan fingerprint density at radius 1 is 1.11 bits per heavy atom. The Morgan fingerprint density at radius 2 is 1.81 bits per heavy atom. The second-order valence-electron chi connectivity index (χ2n) is 9.38. The number of rotatable bonds is 8. The van der Waals surface area contributed by atoms with Gasteiger partial charge in [0.15, 0.2) is 0 Å². The Balaban J connectivity index is 1.28. The van der Waals surface area contributed by atoms with E-state index in [9.17, 15) is 13.8 Å². The van der Waals surface area contributed by atoms with Gasteiger partial charge >= 0.3 is 5.97 Å². The van der Waals surface area contributed by atoms with Crippen molar-refractivity contribution in [1.29, 1.82) is 0 Å². The van der Waals surface area contributed by atoms with Crippen molar-refractivity contribution in [3.63, 3.8) is 0 Å². The number of aromatic nitrogens is 2. The first kappa shape index (κ1) is 24.4. The molecule has 1 saturated carbocycles. The summed E-state index contributed by atoms with van der Waals surface area (Å²) in [5.74, 6) is 0.0706. The van der Waals surface area contributed by atoms with Crippen molar-refractivity contribution in [3.05, 3.63) is 60.4 Å². The molecule has 2 heterocycles. The molecule has 1 aliphatic heterocycles. The van der Waals surface area contributed by atoms with Gasteiger partial charge in [-0.15, -0.1) is 0 Å². The number of piperidine rings is 1. The summed E-state index contributed by atoms with van der Waals surface area (Å²) in [7, 11) is -2.57. The molecule has 1 saturated heterocycles. The van der Waals surface area contributed by atoms with Gasteiger partial charge in [0.1, 0.15) is 6.29 Å². The molecule has 1 N–H and O–H groups in total. The Bertz CT molecular complexity index is 1400. The van der Waals surface area contributed by atoms with E-state index >= 15 is 0 Å². The number of carbonyl (C=O) groups excluding carboxylic acids is 2. The number of nitrogens with zero attached hydrogens (tertiary/aromatic N) is 3. The molecule has 1 aromatic heterocycles. The second-order valence-corrected chi connectivity index (χ2v) is 11.8. The van der Waals surface area contributed by atoms with Crippen molar-refractivity contribution >= 4 is 43.5 Å². The van der Waals surface area contributed by atoms with Crippen molar-refractivity contribution in [3.8, 4) is 0 Å². The summed E-state index contributed by atoms with van der Waals surface area (Å²) in [5, 5.41) is 2.16. The van der Waals surface area contributed by atoms with Gasteiger partial charge in [0.05, 0.1) is 21.9 Å². The molecule has 2 fully saturated rings. The van der Waals surface area contributed by atoms with E-state index in [1.807, 2.05) is 47.4 Å². The van der Waals surface area contributed by atoms with E-state index in [0.29, 0.717) is 50.6 Å². The van der Waals surface area contributed by atoms with Gasteiger partial charge in [0.25, 0.3) is 0 Å². The summed E-state index contributed by atoms with van der Waals surface area (Å²) in [6.07, 6.45) is 6.83. The first-order chi connectivity index (χ1) is 17.5. The van der Waals surface area contributed by atoms with Crippen LogP contribution >= 0.6 is 0 Å². The lowest BCUT2D eigenvalue weighted by molar-refractivity contribution is -0.116. The summed E-state index contributed by atoms with van der Waals surface area (Å²) in [5.41, 5.74) is -0.304. The lowest BCUT2D eigenvalue weighted by Gasteiger charge is -2.38. The predicted molar refractivity (Wildman–Crippen MR) is 141 cm³/mol. The average Bonchev–Trinajstić information content (AvgIpc) is 3.78. The fourth-order valence-electron chi connectivity index (χ4n) is 4.57. The minimum Gasteiger partial charge on any atom is -0.462 e. The van der Waals surface area contributed by atoms with Gasteiger partial charge < -0.3 is 14.4 Å². The van der Waals surface area contributed by atoms with Crippen molar-refractivity contribution in [2.45, 2.75) is 37.5 Å². The number of carbonyl (C=O) groups is 2. The molecule has 1 aliphatic carbocycles. The van der Waals surface area contributed by atoms with E-state index in [1.54, 1.807) is 6.92 Å². The third-order valence-electron chi connectivity index (χ3n) is 6.98. The largest absolute Gasteiger partial charge is 0.462 e. The van der Waals surface area contributed by atoms with Gasteiger partial charge in [0, 0.05) is 47.2 Å². The van der Waals surface area contributed by atoms with Crippen LogP contribution in [0.15, 0.2) is 59.8 Å². The standard InChI is InChI=1S/C27H30N4O4S/c1-2-35-25(33)22-16-28-26(29-17-22)31-13-11-27(19-32,12-14-31)18-30-36(34,23-9-10-23)24-8-7-20-5-3-4-6-21(20)15-24/h3-8,15-17,19H,2,9-14,18H2,1H3,(H,30,34). The molecule has 0 amide bonds. The first-order valence-electron chi connectivity index (χ1n) is 12.3. The number of benzene rings is 2. The summed E-state index contributed by atoms with van der Waals surface area (Å²) < 4.78 is 22.5. The van der Waals surface area contributed by atoms with Crippen molar-refractivity contribution in [2.75, 3.05) is 31.1 Å². The van der Waals surface area contributed by atoms with Crippen LogP contribution in [0.2, 0.25) is 0 Å². The molecule has 0 spiro atoms. The summed E-state index contributed by atoms with van der Waals surface area (Å²) >= 11 is 0. The van der Waals surface area contributed by atoms with E-state index in [1.165, 1.54) is 12.4 Å². The minimum absolute atomic E-state index is 0.293. The number of anilines is 1. The first-order valence-corrected chi connectivity index (χ1v) is 13.8. The average molecular weight is 507 g/mol. The molecular weight excluding hydrogens is 476 g/mol. The van der Waals surface area contributed by atoms with E-state index in [2.05, 4.69) is 14.7 Å². The predicted octanol–water partition coefficient (Wildman–Crippen LogP) is 3.41. The van der Waals surface area contributed by atoms with Gasteiger partial charge in [-0.1, -0.05) is 30.3 Å². The third kappa shape index (κ3) is 4.85. The molecule has 0 bridgehead atoms. The van der Waals surface area contributed by atoms with Crippen LogP contribution in [0.5, 0.6) is 0 Å². The molecular formula is C27H30N4O4S. The molecule has 188 valence electrons. The zero-order chi connectivity index (χ0) is 25.2. The van der Waals surface area contributed by atoms with Gasteiger partial charge in [-0.05, 0) is 55.5 Å². The molecule has 8 nitrogen and oxygen atoms in total. The highest BCUT2D eigenvalue weighted by Gasteiger charge is 2.37. The van der Waals surface area contributed by atoms with Gasteiger partial charge in [-0.2, -0.15) is 0 Å². The Morgan fingerprint density at radius 3 is 2.44 bits per heavy atom. The Hall–Kier alpha value is -3.30. The third-order valence-corrected chi connectivity index (χ3v) is 9.67. The zero-order valence-corrected chi connectivity index (χ0v) is 21.1. The quantitative estimate of drug-likeness (QED) is 0.284. The molecule has 3 aromatic rings. The highest BCUT2D eigenvalue weighted by molar-refractivity contribution is 8.01. The normalized spacial score (nSPS) is 18.5. The maximum atomic E-state index is 14.2. The molecule has 0 radical (unpaired) electrons. The minimum atomic E-state index is -2.57. The number of fused-ring (bicyclic) bond motifs is 1. The summed E-state index contributed by atoms with van der Waals surface area (Å²) in [6, 6.07) is 14.0. The molecule has 36 heavy (non-hydrogen) atoms. The molecule has 1 unspecified atom stereocenters. The zero-order valence-electron chi connectivity index (χ0n) is 20.3. The van der Waals surface area contributed by atoms with E-state index in [4.69, 9.17) is 4.74 Å². The van der Waals surface area contributed by atoms with Crippen LogP contribution in [-0.4, -0.2) is 57.5 Å².